The van der Waals surface area contributed by atoms with E-state index < -0.39 is 5.60 Å². The molecule has 114 valence electrons. The van der Waals surface area contributed by atoms with Crippen LogP contribution >= 0.6 is 0 Å². The largest absolute Gasteiger partial charge is 0.389 e. The van der Waals surface area contributed by atoms with Crippen LogP contribution in [0.1, 0.15) is 45.0 Å². The molecule has 0 bridgehead atoms. The van der Waals surface area contributed by atoms with E-state index in [9.17, 15) is 5.11 Å². The lowest BCUT2D eigenvalue weighted by Gasteiger charge is -2.39. The lowest BCUT2D eigenvalue weighted by Crippen LogP contribution is -2.46. The quantitative estimate of drug-likeness (QED) is 0.898. The molecule has 2 rings (SSSR count). The highest BCUT2D eigenvalue weighted by Gasteiger charge is 2.33. The average molecular weight is 279 g/mol. The number of aryl methyl sites for hydroxylation is 2. The Labute approximate surface area is 122 Å². The Hall–Kier alpha value is -0.870. The maximum Gasteiger partial charge on any atom is 0.0727 e. The molecule has 0 unspecified atom stereocenters. The van der Waals surface area contributed by atoms with E-state index in [4.69, 9.17) is 0 Å². The van der Waals surface area contributed by atoms with E-state index in [-0.39, 0.29) is 0 Å². The van der Waals surface area contributed by atoms with E-state index in [0.717, 1.165) is 51.1 Å². The highest BCUT2D eigenvalue weighted by Crippen LogP contribution is 2.27. The van der Waals surface area contributed by atoms with Crippen molar-refractivity contribution in [1.82, 2.24) is 14.7 Å². The first kappa shape index (κ1) is 15.5. The summed E-state index contributed by atoms with van der Waals surface area (Å²) in [6, 6.07) is 2.11. The van der Waals surface area contributed by atoms with Crippen LogP contribution in [0.2, 0.25) is 0 Å². The number of rotatable bonds is 5. The summed E-state index contributed by atoms with van der Waals surface area (Å²) in [5, 5.41) is 15.3. The van der Waals surface area contributed by atoms with Gasteiger partial charge in [-0.1, -0.05) is 13.8 Å². The van der Waals surface area contributed by atoms with Crippen LogP contribution in [0.3, 0.4) is 0 Å². The third kappa shape index (κ3) is 3.83. The number of piperidine rings is 1. The predicted octanol–water partition coefficient (Wildman–Crippen LogP) is 2.24. The monoisotopic (exact) mass is 279 g/mol. The van der Waals surface area contributed by atoms with E-state index in [1.807, 2.05) is 11.6 Å². The molecule has 0 saturated carbocycles. The zero-order chi connectivity index (χ0) is 14.8. The Morgan fingerprint density at radius 1 is 1.35 bits per heavy atom. The molecule has 0 spiro atoms. The minimum atomic E-state index is -0.549. The number of hydrogen-bond acceptors (Lipinski definition) is 3. The maximum atomic E-state index is 10.8. The number of hydrogen-bond donors (Lipinski definition) is 1. The van der Waals surface area contributed by atoms with E-state index in [2.05, 4.69) is 36.8 Å². The second-order valence-corrected chi connectivity index (χ2v) is 6.69. The van der Waals surface area contributed by atoms with Gasteiger partial charge >= 0.3 is 0 Å². The Morgan fingerprint density at radius 2 is 2.00 bits per heavy atom. The van der Waals surface area contributed by atoms with Gasteiger partial charge in [0.05, 0.1) is 11.3 Å². The highest BCUT2D eigenvalue weighted by atomic mass is 16.3. The molecule has 20 heavy (non-hydrogen) atoms. The molecule has 0 aliphatic carbocycles. The van der Waals surface area contributed by atoms with Crippen LogP contribution in [-0.4, -0.2) is 45.0 Å². The van der Waals surface area contributed by atoms with Gasteiger partial charge in [-0.25, -0.2) is 0 Å². The second kappa shape index (κ2) is 6.27. The Bertz CT molecular complexity index is 431. The number of nitrogens with zero attached hydrogens (tertiary/aromatic N) is 3. The Balaban J connectivity index is 1.96. The fourth-order valence-electron chi connectivity index (χ4n) is 3.20. The summed E-state index contributed by atoms with van der Waals surface area (Å²) >= 11 is 0. The Morgan fingerprint density at radius 3 is 2.55 bits per heavy atom. The van der Waals surface area contributed by atoms with Gasteiger partial charge in [0, 0.05) is 38.3 Å². The molecule has 1 aliphatic heterocycles. The van der Waals surface area contributed by atoms with Crippen LogP contribution in [-0.2, 0) is 13.0 Å². The number of aromatic nitrogens is 2. The Kier molecular flexibility index (Phi) is 4.86. The molecule has 0 aromatic carbocycles. The van der Waals surface area contributed by atoms with Crippen LogP contribution in [0.4, 0.5) is 0 Å². The zero-order valence-corrected chi connectivity index (χ0v) is 13.4. The smallest absolute Gasteiger partial charge is 0.0727 e. The first-order valence-electron chi connectivity index (χ1n) is 7.90. The molecule has 1 N–H and O–H groups in total. The van der Waals surface area contributed by atoms with Gasteiger partial charge in [-0.05, 0) is 38.7 Å². The summed E-state index contributed by atoms with van der Waals surface area (Å²) in [6.07, 6.45) is 2.47. The van der Waals surface area contributed by atoms with Crippen molar-refractivity contribution in [1.29, 1.82) is 0 Å². The van der Waals surface area contributed by atoms with E-state index in [1.165, 1.54) is 5.69 Å². The molecule has 1 aromatic rings. The summed E-state index contributed by atoms with van der Waals surface area (Å²) in [6.45, 7) is 12.7. The molecule has 4 nitrogen and oxygen atoms in total. The van der Waals surface area contributed by atoms with Crippen LogP contribution in [0, 0.1) is 12.8 Å². The fourth-order valence-corrected chi connectivity index (χ4v) is 3.20. The topological polar surface area (TPSA) is 41.3 Å². The molecule has 1 fully saturated rings. The van der Waals surface area contributed by atoms with Crippen LogP contribution in [0.25, 0.3) is 0 Å². The van der Waals surface area contributed by atoms with Gasteiger partial charge in [-0.3, -0.25) is 4.68 Å². The van der Waals surface area contributed by atoms with Crippen LogP contribution < -0.4 is 0 Å². The van der Waals surface area contributed by atoms with Gasteiger partial charge in [0.15, 0.2) is 0 Å². The van der Waals surface area contributed by atoms with Crippen molar-refractivity contribution in [3.8, 4) is 0 Å². The molecular formula is C16H29N3O. The molecular weight excluding hydrogens is 250 g/mol. The van der Waals surface area contributed by atoms with E-state index in [1.54, 1.807) is 0 Å². The first-order valence-corrected chi connectivity index (χ1v) is 7.90. The summed E-state index contributed by atoms with van der Waals surface area (Å²) in [4.78, 5) is 2.47. The van der Waals surface area contributed by atoms with Crippen LogP contribution in [0.15, 0.2) is 6.07 Å². The van der Waals surface area contributed by atoms with Crippen LogP contribution in [0.5, 0.6) is 0 Å². The lowest BCUT2D eigenvalue weighted by molar-refractivity contribution is -0.0240. The lowest BCUT2D eigenvalue weighted by atomic mass is 9.86. The summed E-state index contributed by atoms with van der Waals surface area (Å²) in [7, 11) is 0. The molecule has 4 heteroatoms. The van der Waals surface area contributed by atoms with Crippen molar-refractivity contribution in [2.24, 2.45) is 5.92 Å². The van der Waals surface area contributed by atoms with Gasteiger partial charge in [-0.15, -0.1) is 0 Å². The fraction of sp³-hybridized carbons (Fsp3) is 0.812. The zero-order valence-electron chi connectivity index (χ0n) is 13.4. The second-order valence-electron chi connectivity index (χ2n) is 6.69. The highest BCUT2D eigenvalue weighted by molar-refractivity contribution is 5.12. The van der Waals surface area contributed by atoms with Gasteiger partial charge in [-0.2, -0.15) is 5.10 Å². The first-order chi connectivity index (χ1) is 9.42. The third-order valence-electron chi connectivity index (χ3n) is 4.21. The molecule has 1 saturated heterocycles. The van der Waals surface area contributed by atoms with Gasteiger partial charge in [0.1, 0.15) is 0 Å². The van der Waals surface area contributed by atoms with Crippen molar-refractivity contribution in [3.63, 3.8) is 0 Å². The molecule has 0 radical (unpaired) electrons. The SMILES string of the molecule is CCn1nc(C)cc1CC1(O)CCN(CC(C)C)CC1. The maximum absolute atomic E-state index is 10.8. The molecule has 1 aromatic heterocycles. The standard InChI is InChI=1S/C16H29N3O/c1-5-19-15(10-14(4)17-19)11-16(20)6-8-18(9-7-16)12-13(2)3/h10,13,20H,5-9,11-12H2,1-4H3. The van der Waals surface area contributed by atoms with Gasteiger partial charge in [0.2, 0.25) is 0 Å². The van der Waals surface area contributed by atoms with Crippen molar-refractivity contribution in [2.45, 2.75) is 59.1 Å². The number of likely N-dealkylation sites (tertiary alicyclic amines) is 1. The molecule has 1 aliphatic rings. The predicted molar refractivity (Wildman–Crippen MR) is 81.8 cm³/mol. The van der Waals surface area contributed by atoms with Crippen molar-refractivity contribution >= 4 is 0 Å². The summed E-state index contributed by atoms with van der Waals surface area (Å²) in [5.74, 6) is 0.699. The third-order valence-corrected chi connectivity index (χ3v) is 4.21. The molecule has 0 atom stereocenters. The van der Waals surface area contributed by atoms with Crippen molar-refractivity contribution in [2.75, 3.05) is 19.6 Å². The number of aliphatic hydroxyl groups is 1. The van der Waals surface area contributed by atoms with Crippen molar-refractivity contribution in [3.05, 3.63) is 17.5 Å². The minimum Gasteiger partial charge on any atom is -0.389 e. The van der Waals surface area contributed by atoms with Gasteiger partial charge < -0.3 is 10.0 Å². The minimum absolute atomic E-state index is 0.549. The summed E-state index contributed by atoms with van der Waals surface area (Å²) < 4.78 is 2.02. The van der Waals surface area contributed by atoms with Crippen molar-refractivity contribution < 1.29 is 5.11 Å². The van der Waals surface area contributed by atoms with E-state index >= 15 is 0 Å². The molecule has 2 heterocycles. The normalized spacial score (nSPS) is 19.7. The average Bonchev–Trinajstić information content (AvgIpc) is 2.72. The van der Waals surface area contributed by atoms with E-state index in [0.29, 0.717) is 5.92 Å². The summed E-state index contributed by atoms with van der Waals surface area (Å²) in [5.41, 5.74) is 1.67. The molecule has 0 amide bonds. The van der Waals surface area contributed by atoms with Gasteiger partial charge in [0.25, 0.3) is 0 Å².